The summed E-state index contributed by atoms with van der Waals surface area (Å²) in [7, 11) is 0. The Bertz CT molecular complexity index is 1300. The van der Waals surface area contributed by atoms with Gasteiger partial charge in [-0.25, -0.2) is 9.37 Å². The Morgan fingerprint density at radius 1 is 1.14 bits per heavy atom. The van der Waals surface area contributed by atoms with Gasteiger partial charge >= 0.3 is 18.0 Å². The number of nitrogens with zero attached hydrogens (tertiary/aromatic N) is 3. The van der Waals surface area contributed by atoms with Crippen molar-refractivity contribution in [2.45, 2.75) is 38.9 Å². The van der Waals surface area contributed by atoms with Crippen molar-refractivity contribution in [3.05, 3.63) is 82.6 Å². The molecule has 8 nitrogen and oxygen atoms in total. The second-order valence-corrected chi connectivity index (χ2v) is 8.14. The molecular formula is C24H21F4N5O3. The van der Waals surface area contributed by atoms with E-state index in [1.807, 2.05) is 0 Å². The number of carbonyl (C=O) groups is 2. The van der Waals surface area contributed by atoms with Gasteiger partial charge in [-0.3, -0.25) is 14.6 Å². The molecule has 0 fully saturated rings. The molecular weight excluding hydrogens is 482 g/mol. The third-order valence-corrected chi connectivity index (χ3v) is 5.81. The normalized spacial score (nSPS) is 13.7. The topological polar surface area (TPSA) is 110 Å². The fraction of sp³-hybridized carbons (Fsp3) is 0.250. The minimum Gasteiger partial charge on any atom is -0.383 e. The maximum Gasteiger partial charge on any atom is 0.416 e. The van der Waals surface area contributed by atoms with Crippen LogP contribution in [0, 0.1) is 5.82 Å². The molecule has 2 aromatic heterocycles. The summed E-state index contributed by atoms with van der Waals surface area (Å²) in [6.45, 7) is 1.57. The monoisotopic (exact) mass is 503 g/mol. The first-order valence-electron chi connectivity index (χ1n) is 10.8. The highest BCUT2D eigenvalue weighted by molar-refractivity contribution is 6.39. The van der Waals surface area contributed by atoms with Gasteiger partial charge in [0.15, 0.2) is 0 Å². The van der Waals surface area contributed by atoms with E-state index in [9.17, 15) is 27.2 Å². The number of pyridine rings is 2. The van der Waals surface area contributed by atoms with Crippen LogP contribution in [0.4, 0.5) is 29.1 Å². The van der Waals surface area contributed by atoms with E-state index in [2.05, 4.69) is 15.3 Å². The number of alkyl halides is 3. The molecule has 0 bridgehead atoms. The van der Waals surface area contributed by atoms with E-state index in [-0.39, 0.29) is 37.0 Å². The molecule has 12 heteroatoms. The highest BCUT2D eigenvalue weighted by Gasteiger charge is 2.32. The molecule has 3 aromatic rings. The smallest absolute Gasteiger partial charge is 0.383 e. The van der Waals surface area contributed by atoms with Gasteiger partial charge in [-0.15, -0.1) is 0 Å². The van der Waals surface area contributed by atoms with Crippen LogP contribution in [0.3, 0.4) is 0 Å². The second-order valence-electron chi connectivity index (χ2n) is 8.14. The number of aromatic nitrogens is 2. The predicted molar refractivity (Wildman–Crippen MR) is 120 cm³/mol. The van der Waals surface area contributed by atoms with Crippen LogP contribution in [-0.2, 0) is 40.3 Å². The Labute approximate surface area is 203 Å². The van der Waals surface area contributed by atoms with Crippen molar-refractivity contribution in [3.8, 4) is 0 Å². The van der Waals surface area contributed by atoms with E-state index in [1.165, 1.54) is 37.5 Å². The Kier molecular flexibility index (Phi) is 6.88. The van der Waals surface area contributed by atoms with E-state index < -0.39 is 35.4 Å². The number of hydrogen-bond donors (Lipinski definition) is 2. The molecule has 3 N–H and O–H groups in total. The maximum absolute atomic E-state index is 14.5. The Balaban J connectivity index is 1.62. The summed E-state index contributed by atoms with van der Waals surface area (Å²) >= 11 is 0. The zero-order valence-electron chi connectivity index (χ0n) is 19.0. The van der Waals surface area contributed by atoms with Crippen LogP contribution in [0.25, 0.3) is 0 Å². The van der Waals surface area contributed by atoms with Gasteiger partial charge in [0.2, 0.25) is 0 Å². The molecule has 1 unspecified atom stereocenters. The van der Waals surface area contributed by atoms with Crippen LogP contribution in [0.15, 0.2) is 48.8 Å². The maximum atomic E-state index is 14.5. The largest absolute Gasteiger partial charge is 0.416 e. The summed E-state index contributed by atoms with van der Waals surface area (Å²) in [6, 6.07) is 5.62. The lowest BCUT2D eigenvalue weighted by Crippen LogP contribution is -2.41. The molecule has 1 aliphatic rings. The van der Waals surface area contributed by atoms with E-state index in [0.717, 1.165) is 23.1 Å². The number of nitrogens with one attached hydrogen (secondary N) is 1. The SMILES string of the molecule is CC(c1ncccc1F)N(Cc1ccc(C(F)(F)F)cc1)C(=O)C(=O)Nc1cnc(N)c2c1COC2. The van der Waals surface area contributed by atoms with Crippen LogP contribution in [0.1, 0.15) is 40.9 Å². The van der Waals surface area contributed by atoms with Gasteiger partial charge in [-0.1, -0.05) is 12.1 Å². The van der Waals surface area contributed by atoms with Gasteiger partial charge in [0, 0.05) is 23.9 Å². The number of rotatable bonds is 5. The molecule has 188 valence electrons. The van der Waals surface area contributed by atoms with Crippen molar-refractivity contribution in [1.82, 2.24) is 14.9 Å². The molecule has 0 saturated carbocycles. The van der Waals surface area contributed by atoms with Crippen LogP contribution in [-0.4, -0.2) is 26.7 Å². The van der Waals surface area contributed by atoms with Crippen molar-refractivity contribution >= 4 is 23.3 Å². The molecule has 36 heavy (non-hydrogen) atoms. The molecule has 4 rings (SSSR count). The number of fused-ring (bicyclic) bond motifs is 1. The van der Waals surface area contributed by atoms with Gasteiger partial charge in [-0.2, -0.15) is 13.2 Å². The number of ether oxygens (including phenoxy) is 1. The van der Waals surface area contributed by atoms with Crippen LogP contribution in [0.2, 0.25) is 0 Å². The average Bonchev–Trinajstić information content (AvgIpc) is 3.35. The molecule has 1 aliphatic heterocycles. The van der Waals surface area contributed by atoms with Crippen LogP contribution >= 0.6 is 0 Å². The Hall–Kier alpha value is -4.06. The second kappa shape index (κ2) is 9.90. The number of halogens is 4. The average molecular weight is 503 g/mol. The molecule has 0 radical (unpaired) electrons. The fourth-order valence-corrected chi connectivity index (χ4v) is 3.84. The Morgan fingerprint density at radius 3 is 2.50 bits per heavy atom. The lowest BCUT2D eigenvalue weighted by atomic mass is 10.1. The standard InChI is InChI=1S/C24H21F4N5O3/c1-13(20-18(25)3-2-8-30-20)33(10-14-4-6-15(7-5-14)24(26,27)28)23(35)22(34)32-19-9-31-21(29)17-12-36-11-16(17)19/h2-9,13H,10-12H2,1H3,(H2,29,31)(H,32,34). The van der Waals surface area contributed by atoms with Crippen LogP contribution in [0.5, 0.6) is 0 Å². The molecule has 0 saturated heterocycles. The number of anilines is 2. The zero-order valence-corrected chi connectivity index (χ0v) is 19.0. The third kappa shape index (κ3) is 5.13. The minimum absolute atomic E-state index is 0.103. The first-order valence-corrected chi connectivity index (χ1v) is 10.8. The van der Waals surface area contributed by atoms with Crippen LogP contribution < -0.4 is 11.1 Å². The van der Waals surface area contributed by atoms with E-state index in [1.54, 1.807) is 0 Å². The van der Waals surface area contributed by atoms with E-state index in [0.29, 0.717) is 16.7 Å². The highest BCUT2D eigenvalue weighted by atomic mass is 19.4. The molecule has 1 aromatic carbocycles. The zero-order chi connectivity index (χ0) is 26.0. The number of hydrogen-bond acceptors (Lipinski definition) is 6. The third-order valence-electron chi connectivity index (χ3n) is 5.81. The molecule has 2 amide bonds. The van der Waals surface area contributed by atoms with Crippen molar-refractivity contribution in [2.75, 3.05) is 11.1 Å². The minimum atomic E-state index is -4.53. The summed E-state index contributed by atoms with van der Waals surface area (Å²) in [6.07, 6.45) is -1.90. The van der Waals surface area contributed by atoms with Gasteiger partial charge in [-0.05, 0) is 36.8 Å². The summed E-state index contributed by atoms with van der Waals surface area (Å²) in [4.78, 5) is 35.3. The first kappa shape index (κ1) is 25.0. The number of carbonyl (C=O) groups excluding carboxylic acids is 2. The lowest BCUT2D eigenvalue weighted by Gasteiger charge is -2.29. The summed E-state index contributed by atoms with van der Waals surface area (Å²) in [5.74, 6) is -2.55. The summed E-state index contributed by atoms with van der Waals surface area (Å²) < 4.78 is 58.7. The van der Waals surface area contributed by atoms with Crippen molar-refractivity contribution < 1.29 is 31.9 Å². The van der Waals surface area contributed by atoms with Crippen molar-refractivity contribution in [3.63, 3.8) is 0 Å². The summed E-state index contributed by atoms with van der Waals surface area (Å²) in [5.41, 5.74) is 6.59. The van der Waals surface area contributed by atoms with Crippen molar-refractivity contribution in [2.24, 2.45) is 0 Å². The van der Waals surface area contributed by atoms with Gasteiger partial charge in [0.25, 0.3) is 0 Å². The summed E-state index contributed by atoms with van der Waals surface area (Å²) in [5, 5.41) is 2.49. The number of nitrogens with two attached hydrogens (primary N) is 1. The predicted octanol–water partition coefficient (Wildman–Crippen LogP) is 3.98. The number of benzene rings is 1. The quantitative estimate of drug-likeness (QED) is 0.403. The molecule has 1 atom stereocenters. The fourth-order valence-electron chi connectivity index (χ4n) is 3.84. The van der Waals surface area contributed by atoms with E-state index in [4.69, 9.17) is 10.5 Å². The van der Waals surface area contributed by atoms with Gasteiger partial charge in [0.05, 0.1) is 42.4 Å². The lowest BCUT2D eigenvalue weighted by molar-refractivity contribution is -0.145. The number of amides is 2. The van der Waals surface area contributed by atoms with Gasteiger partial charge < -0.3 is 20.7 Å². The molecule has 0 aliphatic carbocycles. The van der Waals surface area contributed by atoms with E-state index >= 15 is 0 Å². The first-order chi connectivity index (χ1) is 17.1. The van der Waals surface area contributed by atoms with Crippen molar-refractivity contribution in [1.29, 1.82) is 0 Å². The number of nitrogen functional groups attached to an aromatic ring is 1. The van der Waals surface area contributed by atoms with Gasteiger partial charge in [0.1, 0.15) is 11.6 Å². The highest BCUT2D eigenvalue weighted by Crippen LogP contribution is 2.32. The molecule has 3 heterocycles. The molecule has 0 spiro atoms. The Morgan fingerprint density at radius 2 is 1.83 bits per heavy atom.